The van der Waals surface area contributed by atoms with Crippen LogP contribution >= 0.6 is 0 Å². The molecule has 3 aromatic rings. The SMILES string of the molecule is Cc1ccc(NC(=O)CN2C(=O)NC(=Cc3cc(C)n(-c4ccc(C(C)C)cc4)c3C)C2=O)cc1. The second-order valence-electron chi connectivity index (χ2n) is 9.20. The number of hydrogen-bond acceptors (Lipinski definition) is 3. The van der Waals surface area contributed by atoms with Crippen LogP contribution in [-0.2, 0) is 9.59 Å². The Kier molecular flexibility index (Phi) is 6.60. The number of carbonyl (C=O) groups excluding carboxylic acids is 3. The van der Waals surface area contributed by atoms with E-state index in [9.17, 15) is 14.4 Å². The van der Waals surface area contributed by atoms with Crippen LogP contribution in [0.1, 0.15) is 47.8 Å². The predicted molar refractivity (Wildman–Crippen MR) is 137 cm³/mol. The molecule has 0 unspecified atom stereocenters. The number of aryl methyl sites for hydroxylation is 2. The Morgan fingerprint density at radius 3 is 2.29 bits per heavy atom. The van der Waals surface area contributed by atoms with Gasteiger partial charge in [-0.15, -0.1) is 0 Å². The van der Waals surface area contributed by atoms with E-state index in [1.165, 1.54) is 5.56 Å². The molecule has 2 aromatic carbocycles. The van der Waals surface area contributed by atoms with Crippen LogP contribution in [0.15, 0.2) is 60.3 Å². The minimum atomic E-state index is -0.613. The largest absolute Gasteiger partial charge is 0.329 e. The molecule has 35 heavy (non-hydrogen) atoms. The van der Waals surface area contributed by atoms with Crippen LogP contribution in [-0.4, -0.2) is 33.9 Å². The van der Waals surface area contributed by atoms with Crippen molar-refractivity contribution in [1.29, 1.82) is 0 Å². The minimum absolute atomic E-state index is 0.147. The lowest BCUT2D eigenvalue weighted by Gasteiger charge is -2.12. The summed E-state index contributed by atoms with van der Waals surface area (Å²) in [6, 6.07) is 17.1. The van der Waals surface area contributed by atoms with Crippen LogP contribution < -0.4 is 10.6 Å². The van der Waals surface area contributed by atoms with Gasteiger partial charge in [0.1, 0.15) is 12.2 Å². The molecule has 0 aliphatic carbocycles. The van der Waals surface area contributed by atoms with E-state index in [4.69, 9.17) is 0 Å². The van der Waals surface area contributed by atoms with Gasteiger partial charge in [-0.25, -0.2) is 9.69 Å². The molecule has 2 heterocycles. The third-order valence-corrected chi connectivity index (χ3v) is 6.19. The second kappa shape index (κ2) is 9.62. The van der Waals surface area contributed by atoms with Crippen LogP contribution in [0.25, 0.3) is 11.8 Å². The number of imide groups is 1. The van der Waals surface area contributed by atoms with Gasteiger partial charge in [-0.1, -0.05) is 43.7 Å². The van der Waals surface area contributed by atoms with Crippen LogP contribution in [0.3, 0.4) is 0 Å². The van der Waals surface area contributed by atoms with Crippen molar-refractivity contribution in [3.63, 3.8) is 0 Å². The highest BCUT2D eigenvalue weighted by molar-refractivity contribution is 6.16. The van der Waals surface area contributed by atoms with Crippen molar-refractivity contribution in [2.45, 2.75) is 40.5 Å². The van der Waals surface area contributed by atoms with E-state index in [2.05, 4.69) is 53.3 Å². The topological polar surface area (TPSA) is 83.4 Å². The van der Waals surface area contributed by atoms with Gasteiger partial charge in [0.05, 0.1) is 0 Å². The first-order chi connectivity index (χ1) is 16.6. The molecular formula is C28H30N4O3. The van der Waals surface area contributed by atoms with Crippen LogP contribution in [0, 0.1) is 20.8 Å². The third-order valence-electron chi connectivity index (χ3n) is 6.19. The van der Waals surface area contributed by atoms with E-state index < -0.39 is 17.8 Å². The molecule has 0 saturated carbocycles. The monoisotopic (exact) mass is 470 g/mol. The number of benzene rings is 2. The van der Waals surface area contributed by atoms with E-state index in [1.54, 1.807) is 18.2 Å². The number of nitrogens with one attached hydrogen (secondary N) is 2. The van der Waals surface area contributed by atoms with Crippen molar-refractivity contribution in [3.8, 4) is 5.69 Å². The molecule has 1 fully saturated rings. The Bertz CT molecular complexity index is 1320. The number of amides is 4. The van der Waals surface area contributed by atoms with Crippen molar-refractivity contribution in [2.24, 2.45) is 0 Å². The molecule has 1 aliphatic heterocycles. The normalized spacial score (nSPS) is 14.7. The highest BCUT2D eigenvalue weighted by atomic mass is 16.2. The molecule has 4 rings (SSSR count). The first-order valence-corrected chi connectivity index (χ1v) is 11.6. The zero-order chi connectivity index (χ0) is 25.3. The Morgan fingerprint density at radius 2 is 1.66 bits per heavy atom. The molecule has 7 heteroatoms. The second-order valence-corrected chi connectivity index (χ2v) is 9.20. The van der Waals surface area contributed by atoms with Gasteiger partial charge in [-0.05, 0) is 74.2 Å². The lowest BCUT2D eigenvalue weighted by Crippen LogP contribution is -2.38. The number of nitrogens with zero attached hydrogens (tertiary/aromatic N) is 2. The fraction of sp³-hybridized carbons (Fsp3) is 0.250. The maximum Gasteiger partial charge on any atom is 0.329 e. The summed E-state index contributed by atoms with van der Waals surface area (Å²) in [6.07, 6.45) is 1.67. The van der Waals surface area contributed by atoms with Crippen LogP contribution in [0.5, 0.6) is 0 Å². The molecule has 4 amide bonds. The average Bonchev–Trinajstić information content (AvgIpc) is 3.24. The van der Waals surface area contributed by atoms with E-state index in [-0.39, 0.29) is 12.2 Å². The number of rotatable bonds is 6. The third kappa shape index (κ3) is 5.04. The van der Waals surface area contributed by atoms with Crippen molar-refractivity contribution in [2.75, 3.05) is 11.9 Å². The summed E-state index contributed by atoms with van der Waals surface area (Å²) < 4.78 is 2.12. The van der Waals surface area contributed by atoms with Gasteiger partial charge in [-0.2, -0.15) is 0 Å². The number of anilines is 1. The first-order valence-electron chi connectivity index (χ1n) is 11.6. The Labute approximate surface area is 205 Å². The Hall–Kier alpha value is -4.13. The number of aromatic nitrogens is 1. The number of carbonyl (C=O) groups is 3. The maximum atomic E-state index is 12.9. The van der Waals surface area contributed by atoms with E-state index in [0.29, 0.717) is 11.6 Å². The van der Waals surface area contributed by atoms with Gasteiger partial charge >= 0.3 is 6.03 Å². The van der Waals surface area contributed by atoms with Gasteiger partial charge in [0.25, 0.3) is 5.91 Å². The summed E-state index contributed by atoms with van der Waals surface area (Å²) in [5, 5.41) is 5.32. The molecule has 0 atom stereocenters. The van der Waals surface area contributed by atoms with Crippen LogP contribution in [0.2, 0.25) is 0 Å². The minimum Gasteiger partial charge on any atom is -0.325 e. The molecular weight excluding hydrogens is 440 g/mol. The van der Waals surface area contributed by atoms with Crippen molar-refractivity contribution < 1.29 is 14.4 Å². The zero-order valence-electron chi connectivity index (χ0n) is 20.7. The molecule has 180 valence electrons. The summed E-state index contributed by atoms with van der Waals surface area (Å²) >= 11 is 0. The predicted octanol–water partition coefficient (Wildman–Crippen LogP) is 5.06. The maximum absolute atomic E-state index is 12.9. The lowest BCUT2D eigenvalue weighted by atomic mass is 10.0. The molecule has 1 aromatic heterocycles. The van der Waals surface area contributed by atoms with Crippen LogP contribution in [0.4, 0.5) is 10.5 Å². The molecule has 1 aliphatic rings. The average molecular weight is 471 g/mol. The summed E-state index contributed by atoms with van der Waals surface area (Å²) in [6.45, 7) is 9.89. The standard InChI is InChI=1S/C28H30N4O3/c1-17(2)21-8-12-24(13-9-21)32-19(4)14-22(20(32)5)15-25-27(34)31(28(35)30-25)16-26(33)29-23-10-6-18(3)7-11-23/h6-15,17H,16H2,1-5H3,(H,29,33)(H,30,35). The van der Waals surface area contributed by atoms with Crippen molar-refractivity contribution in [3.05, 3.63) is 88.4 Å². The molecule has 1 saturated heterocycles. The summed E-state index contributed by atoms with van der Waals surface area (Å²) in [7, 11) is 0. The van der Waals surface area contributed by atoms with Gasteiger partial charge in [0.15, 0.2) is 0 Å². The molecule has 7 nitrogen and oxygen atoms in total. The summed E-state index contributed by atoms with van der Waals surface area (Å²) in [5.41, 5.74) is 6.91. The van der Waals surface area contributed by atoms with Crippen molar-refractivity contribution >= 4 is 29.6 Å². The number of urea groups is 1. The quantitative estimate of drug-likeness (QED) is 0.390. The van der Waals surface area contributed by atoms with E-state index in [1.807, 2.05) is 39.0 Å². The van der Waals surface area contributed by atoms with Gasteiger partial charge in [-0.3, -0.25) is 9.59 Å². The lowest BCUT2D eigenvalue weighted by molar-refractivity contribution is -0.127. The molecule has 2 N–H and O–H groups in total. The highest BCUT2D eigenvalue weighted by Crippen LogP contribution is 2.25. The zero-order valence-corrected chi connectivity index (χ0v) is 20.7. The van der Waals surface area contributed by atoms with Crippen molar-refractivity contribution in [1.82, 2.24) is 14.8 Å². The first kappa shape index (κ1) is 24.0. The van der Waals surface area contributed by atoms with Gasteiger partial charge in [0.2, 0.25) is 5.91 Å². The summed E-state index contributed by atoms with van der Waals surface area (Å²) in [4.78, 5) is 38.7. The molecule has 0 radical (unpaired) electrons. The number of hydrogen-bond donors (Lipinski definition) is 2. The van der Waals surface area contributed by atoms with Gasteiger partial charge in [0, 0.05) is 22.8 Å². The smallest absolute Gasteiger partial charge is 0.325 e. The Morgan fingerprint density at radius 1 is 1.00 bits per heavy atom. The van der Waals surface area contributed by atoms with E-state index >= 15 is 0 Å². The highest BCUT2D eigenvalue weighted by Gasteiger charge is 2.35. The fourth-order valence-electron chi connectivity index (χ4n) is 4.19. The fourth-order valence-corrected chi connectivity index (χ4v) is 4.19. The Balaban J connectivity index is 1.51. The van der Waals surface area contributed by atoms with Gasteiger partial charge < -0.3 is 15.2 Å². The molecule has 0 spiro atoms. The summed E-state index contributed by atoms with van der Waals surface area (Å²) in [5.74, 6) is -0.517. The molecule has 0 bridgehead atoms. The van der Waals surface area contributed by atoms with E-state index in [0.717, 1.165) is 33.1 Å².